The van der Waals surface area contributed by atoms with Crippen LogP contribution >= 0.6 is 0 Å². The number of aromatic nitrogens is 4. The molecule has 212 valence electrons. The Balaban J connectivity index is 1.08. The van der Waals surface area contributed by atoms with E-state index in [9.17, 15) is 4.79 Å². The van der Waals surface area contributed by atoms with Crippen LogP contribution in [0, 0.1) is 5.41 Å². The second kappa shape index (κ2) is 11.0. The fourth-order valence-electron chi connectivity index (χ4n) is 6.73. The summed E-state index contributed by atoms with van der Waals surface area (Å²) in [5, 5.41) is 6.72. The molecule has 1 aliphatic carbocycles. The number of carbonyl (C=O) groups excluding carboxylic acids is 1. The zero-order valence-corrected chi connectivity index (χ0v) is 23.9. The maximum Gasteiger partial charge on any atom is 0.169 e. The SMILES string of the molecule is Cn1ncc(-c2ccc3cnc(CC(=O)c4ccnc(N5CCC6(CCC6)CC5)c4)cc3c2)c1CN1CCOCC1. The summed E-state index contributed by atoms with van der Waals surface area (Å²) in [6.07, 6.45) is 12.5. The second-order valence-electron chi connectivity index (χ2n) is 12.1. The molecule has 4 aromatic rings. The molecule has 8 heteroatoms. The van der Waals surface area contributed by atoms with Crippen molar-refractivity contribution in [2.24, 2.45) is 12.5 Å². The Bertz CT molecular complexity index is 1560. The summed E-state index contributed by atoms with van der Waals surface area (Å²) < 4.78 is 7.50. The maximum atomic E-state index is 13.4. The number of Topliss-reactive ketones (excluding diaryl/α,β-unsaturated/α-hetero) is 1. The van der Waals surface area contributed by atoms with E-state index in [4.69, 9.17) is 4.74 Å². The van der Waals surface area contributed by atoms with Gasteiger partial charge >= 0.3 is 0 Å². The van der Waals surface area contributed by atoms with Gasteiger partial charge in [0.1, 0.15) is 5.82 Å². The molecule has 3 aromatic heterocycles. The van der Waals surface area contributed by atoms with Crippen LogP contribution in [0.4, 0.5) is 5.82 Å². The molecule has 8 nitrogen and oxygen atoms in total. The molecule has 3 aliphatic rings. The van der Waals surface area contributed by atoms with Crippen molar-refractivity contribution in [3.8, 4) is 11.1 Å². The lowest BCUT2D eigenvalue weighted by molar-refractivity contribution is 0.0332. The molecule has 1 saturated carbocycles. The van der Waals surface area contributed by atoms with Gasteiger partial charge in [-0.2, -0.15) is 5.10 Å². The van der Waals surface area contributed by atoms with Crippen LogP contribution in [-0.2, 0) is 24.8 Å². The van der Waals surface area contributed by atoms with Gasteiger partial charge in [0.25, 0.3) is 0 Å². The van der Waals surface area contributed by atoms with Gasteiger partial charge in [-0.1, -0.05) is 18.6 Å². The first-order chi connectivity index (χ1) is 20.1. The summed E-state index contributed by atoms with van der Waals surface area (Å²) in [7, 11) is 2.01. The summed E-state index contributed by atoms with van der Waals surface area (Å²) in [6, 6.07) is 12.3. The number of fused-ring (bicyclic) bond motifs is 1. The monoisotopic (exact) mass is 550 g/mol. The predicted octanol–water partition coefficient (Wildman–Crippen LogP) is 5.06. The van der Waals surface area contributed by atoms with Crippen LogP contribution in [-0.4, -0.2) is 69.8 Å². The lowest BCUT2D eigenvalue weighted by Gasteiger charge is -2.48. The van der Waals surface area contributed by atoms with Gasteiger partial charge in [0.15, 0.2) is 5.78 Å². The van der Waals surface area contributed by atoms with Gasteiger partial charge in [0, 0.05) is 74.4 Å². The van der Waals surface area contributed by atoms with E-state index >= 15 is 0 Å². The van der Waals surface area contributed by atoms with Gasteiger partial charge in [-0.15, -0.1) is 0 Å². The lowest BCUT2D eigenvalue weighted by atomic mass is 9.63. The molecule has 1 aromatic carbocycles. The lowest BCUT2D eigenvalue weighted by Crippen LogP contribution is -2.43. The number of hydrogen-bond acceptors (Lipinski definition) is 7. The first-order valence-corrected chi connectivity index (χ1v) is 15.0. The maximum absolute atomic E-state index is 13.4. The third kappa shape index (κ3) is 5.38. The Morgan fingerprint density at radius 1 is 0.927 bits per heavy atom. The minimum atomic E-state index is 0.0733. The van der Waals surface area contributed by atoms with Crippen LogP contribution in [0.3, 0.4) is 0 Å². The van der Waals surface area contributed by atoms with Gasteiger partial charge in [0.2, 0.25) is 0 Å². The van der Waals surface area contributed by atoms with Crippen LogP contribution in [0.2, 0.25) is 0 Å². The van der Waals surface area contributed by atoms with Crippen molar-refractivity contribution in [3.63, 3.8) is 0 Å². The van der Waals surface area contributed by atoms with Gasteiger partial charge in [0.05, 0.1) is 31.5 Å². The number of rotatable bonds is 7. The summed E-state index contributed by atoms with van der Waals surface area (Å²) >= 11 is 0. The minimum Gasteiger partial charge on any atom is -0.379 e. The number of hydrogen-bond donors (Lipinski definition) is 0. The standard InChI is InChI=1S/C33H38N6O2/c1-37-30(23-38-13-15-41-16-14-38)29(22-36-37)24-3-4-26-21-35-28(18-27(26)17-24)20-31(40)25-5-10-34-32(19-25)39-11-8-33(9-12-39)6-2-7-33/h3-5,10,17-19,21-22H,2,6-9,11-16,20,23H2,1H3. The first kappa shape index (κ1) is 26.3. The van der Waals surface area contributed by atoms with Gasteiger partial charge in [-0.05, 0) is 66.3 Å². The molecular weight excluding hydrogens is 512 g/mol. The van der Waals surface area contributed by atoms with Crippen molar-refractivity contribution in [2.75, 3.05) is 44.3 Å². The average Bonchev–Trinajstić information content (AvgIpc) is 3.36. The highest BCUT2D eigenvalue weighted by atomic mass is 16.5. The zero-order valence-electron chi connectivity index (χ0n) is 23.9. The molecule has 1 spiro atoms. The van der Waals surface area contributed by atoms with E-state index in [0.29, 0.717) is 11.0 Å². The van der Waals surface area contributed by atoms with Crippen molar-refractivity contribution in [3.05, 3.63) is 71.9 Å². The van der Waals surface area contributed by atoms with E-state index in [1.54, 1.807) is 6.20 Å². The molecule has 0 amide bonds. The Morgan fingerprint density at radius 3 is 2.54 bits per heavy atom. The third-order valence-corrected chi connectivity index (χ3v) is 9.60. The molecule has 2 aliphatic heterocycles. The zero-order chi connectivity index (χ0) is 27.8. The van der Waals surface area contributed by atoms with Crippen LogP contribution < -0.4 is 4.90 Å². The minimum absolute atomic E-state index is 0.0733. The molecule has 3 fully saturated rings. The van der Waals surface area contributed by atoms with Crippen molar-refractivity contribution in [1.29, 1.82) is 0 Å². The molecule has 0 unspecified atom stereocenters. The summed E-state index contributed by atoms with van der Waals surface area (Å²) in [4.78, 5) is 27.4. The number of pyridine rings is 2. The highest BCUT2D eigenvalue weighted by molar-refractivity contribution is 5.98. The Morgan fingerprint density at radius 2 is 1.76 bits per heavy atom. The Labute approximate surface area is 241 Å². The van der Waals surface area contributed by atoms with Crippen molar-refractivity contribution in [2.45, 2.75) is 45.1 Å². The number of anilines is 1. The fraction of sp³-hybridized carbons (Fsp3) is 0.455. The van der Waals surface area contributed by atoms with E-state index < -0.39 is 0 Å². The highest BCUT2D eigenvalue weighted by Gasteiger charge is 2.39. The van der Waals surface area contributed by atoms with Gasteiger partial charge in [-0.3, -0.25) is 19.4 Å². The molecule has 2 saturated heterocycles. The second-order valence-corrected chi connectivity index (χ2v) is 12.1. The van der Waals surface area contributed by atoms with E-state index in [-0.39, 0.29) is 12.2 Å². The van der Waals surface area contributed by atoms with Crippen LogP contribution in [0.1, 0.15) is 53.8 Å². The van der Waals surface area contributed by atoms with E-state index in [1.807, 2.05) is 36.3 Å². The summed E-state index contributed by atoms with van der Waals surface area (Å²) in [6.45, 7) is 6.32. The van der Waals surface area contributed by atoms with Crippen LogP contribution in [0.5, 0.6) is 0 Å². The molecule has 0 radical (unpaired) electrons. The summed E-state index contributed by atoms with van der Waals surface area (Å²) in [5.74, 6) is 0.995. The van der Waals surface area contributed by atoms with Crippen LogP contribution in [0.25, 0.3) is 21.9 Å². The first-order valence-electron chi connectivity index (χ1n) is 15.0. The smallest absolute Gasteiger partial charge is 0.169 e. The number of nitrogens with zero attached hydrogens (tertiary/aromatic N) is 6. The van der Waals surface area contributed by atoms with Gasteiger partial charge < -0.3 is 9.64 Å². The molecule has 7 rings (SSSR count). The number of benzene rings is 1. The quantitative estimate of drug-likeness (QED) is 0.298. The number of ketones is 1. The molecule has 0 atom stereocenters. The molecule has 0 N–H and O–H groups in total. The Hall–Kier alpha value is -3.62. The molecule has 5 heterocycles. The van der Waals surface area contributed by atoms with Crippen molar-refractivity contribution in [1.82, 2.24) is 24.6 Å². The topological polar surface area (TPSA) is 76.4 Å². The number of ether oxygens (including phenoxy) is 1. The third-order valence-electron chi connectivity index (χ3n) is 9.60. The number of aryl methyl sites for hydroxylation is 1. The number of morpholine rings is 1. The van der Waals surface area contributed by atoms with E-state index in [1.165, 1.54) is 37.8 Å². The average molecular weight is 551 g/mol. The molecule has 0 bridgehead atoms. The van der Waals surface area contributed by atoms with Crippen molar-refractivity contribution >= 4 is 22.4 Å². The number of piperidine rings is 1. The summed E-state index contributed by atoms with van der Waals surface area (Å²) in [5.41, 5.74) is 5.54. The molecule has 41 heavy (non-hydrogen) atoms. The molecular formula is C33H38N6O2. The van der Waals surface area contributed by atoms with Crippen LogP contribution in [0.15, 0.2) is 55.0 Å². The van der Waals surface area contributed by atoms with Crippen molar-refractivity contribution < 1.29 is 9.53 Å². The number of carbonyl (C=O) groups is 1. The highest BCUT2D eigenvalue weighted by Crippen LogP contribution is 2.49. The normalized spacial score (nSPS) is 19.0. The predicted molar refractivity (Wildman–Crippen MR) is 160 cm³/mol. The van der Waals surface area contributed by atoms with E-state index in [0.717, 1.165) is 79.3 Å². The fourth-order valence-corrected chi connectivity index (χ4v) is 6.73. The largest absolute Gasteiger partial charge is 0.379 e. The Kier molecular flexibility index (Phi) is 7.04. The van der Waals surface area contributed by atoms with Gasteiger partial charge in [-0.25, -0.2) is 4.98 Å². The van der Waals surface area contributed by atoms with E-state index in [2.05, 4.69) is 49.1 Å².